The molecule has 0 aromatic carbocycles. The van der Waals surface area contributed by atoms with Gasteiger partial charge in [0.2, 0.25) is 0 Å². The van der Waals surface area contributed by atoms with Gasteiger partial charge in [0.15, 0.2) is 5.78 Å². The van der Waals surface area contributed by atoms with E-state index in [4.69, 9.17) is 0 Å². The summed E-state index contributed by atoms with van der Waals surface area (Å²) in [5.41, 5.74) is -0.665. The zero-order valence-electron chi connectivity index (χ0n) is 7.83. The van der Waals surface area contributed by atoms with Gasteiger partial charge in [-0.05, 0) is 31.8 Å². The standard InChI is InChI=1S/C11H16O2/c12-10-6-2-1-5-9(10)11(13)7-3-4-8-11/h2,6,9,13H,1,3-5,7-8H2. The summed E-state index contributed by atoms with van der Waals surface area (Å²) in [6, 6.07) is 0. The molecule has 0 spiro atoms. The van der Waals surface area contributed by atoms with Gasteiger partial charge >= 0.3 is 0 Å². The molecule has 2 aliphatic carbocycles. The molecule has 0 saturated heterocycles. The minimum absolute atomic E-state index is 0.111. The molecule has 2 aliphatic rings. The molecule has 0 aromatic heterocycles. The van der Waals surface area contributed by atoms with Crippen LogP contribution in [0.2, 0.25) is 0 Å². The first kappa shape index (κ1) is 8.95. The SMILES string of the molecule is O=C1C=CCCC1C1(O)CCCC1. The lowest BCUT2D eigenvalue weighted by Crippen LogP contribution is -2.40. The molecule has 0 radical (unpaired) electrons. The van der Waals surface area contributed by atoms with Gasteiger partial charge in [-0.25, -0.2) is 0 Å². The Labute approximate surface area is 78.6 Å². The highest BCUT2D eigenvalue weighted by Gasteiger charge is 2.42. The van der Waals surface area contributed by atoms with Crippen molar-refractivity contribution in [1.29, 1.82) is 0 Å². The molecular weight excluding hydrogens is 164 g/mol. The lowest BCUT2D eigenvalue weighted by atomic mass is 9.77. The van der Waals surface area contributed by atoms with Crippen LogP contribution in [-0.4, -0.2) is 16.5 Å². The molecular formula is C11H16O2. The predicted octanol–water partition coefficient (Wildman–Crippen LogP) is 1.83. The van der Waals surface area contributed by atoms with Crippen LogP contribution in [-0.2, 0) is 4.79 Å². The van der Waals surface area contributed by atoms with Crippen LogP contribution in [0.5, 0.6) is 0 Å². The first-order valence-electron chi connectivity index (χ1n) is 5.15. The largest absolute Gasteiger partial charge is 0.389 e. The minimum Gasteiger partial charge on any atom is -0.389 e. The van der Waals surface area contributed by atoms with E-state index in [1.165, 1.54) is 0 Å². The highest BCUT2D eigenvalue weighted by atomic mass is 16.3. The second kappa shape index (κ2) is 3.26. The topological polar surface area (TPSA) is 37.3 Å². The zero-order chi connectivity index (χ0) is 9.31. The number of carbonyl (C=O) groups excluding carboxylic acids is 1. The molecule has 0 bridgehead atoms. The molecule has 0 aliphatic heterocycles. The van der Waals surface area contributed by atoms with Gasteiger partial charge in [0.05, 0.1) is 11.5 Å². The van der Waals surface area contributed by atoms with Crippen LogP contribution in [0.3, 0.4) is 0 Å². The Morgan fingerprint density at radius 1 is 1.38 bits per heavy atom. The van der Waals surface area contributed by atoms with Crippen LogP contribution in [0.4, 0.5) is 0 Å². The van der Waals surface area contributed by atoms with E-state index >= 15 is 0 Å². The summed E-state index contributed by atoms with van der Waals surface area (Å²) in [5.74, 6) is 0.0238. The summed E-state index contributed by atoms with van der Waals surface area (Å²) in [4.78, 5) is 11.5. The molecule has 2 nitrogen and oxygen atoms in total. The summed E-state index contributed by atoms with van der Waals surface area (Å²) in [6.45, 7) is 0. The van der Waals surface area contributed by atoms with E-state index in [-0.39, 0.29) is 11.7 Å². The fourth-order valence-corrected chi connectivity index (χ4v) is 2.59. The van der Waals surface area contributed by atoms with Gasteiger partial charge in [-0.2, -0.15) is 0 Å². The van der Waals surface area contributed by atoms with Gasteiger partial charge in [0.25, 0.3) is 0 Å². The zero-order valence-corrected chi connectivity index (χ0v) is 7.83. The van der Waals surface area contributed by atoms with Crippen molar-refractivity contribution in [3.8, 4) is 0 Å². The maximum absolute atomic E-state index is 11.5. The molecule has 72 valence electrons. The number of aliphatic hydroxyl groups is 1. The molecule has 1 unspecified atom stereocenters. The van der Waals surface area contributed by atoms with E-state index in [1.54, 1.807) is 6.08 Å². The number of rotatable bonds is 1. The Balaban J connectivity index is 2.14. The van der Waals surface area contributed by atoms with Crippen molar-refractivity contribution in [3.63, 3.8) is 0 Å². The van der Waals surface area contributed by atoms with E-state index < -0.39 is 5.60 Å². The van der Waals surface area contributed by atoms with Crippen molar-refractivity contribution in [1.82, 2.24) is 0 Å². The Kier molecular flexibility index (Phi) is 2.24. The number of hydrogen-bond donors (Lipinski definition) is 1. The molecule has 0 aromatic rings. The first-order valence-corrected chi connectivity index (χ1v) is 5.15. The minimum atomic E-state index is -0.665. The fraction of sp³-hybridized carbons (Fsp3) is 0.727. The van der Waals surface area contributed by atoms with Crippen molar-refractivity contribution in [2.24, 2.45) is 5.92 Å². The molecule has 2 heteroatoms. The van der Waals surface area contributed by atoms with E-state index in [9.17, 15) is 9.90 Å². The fourth-order valence-electron chi connectivity index (χ4n) is 2.59. The van der Waals surface area contributed by atoms with Crippen molar-refractivity contribution < 1.29 is 9.90 Å². The number of hydrogen-bond acceptors (Lipinski definition) is 2. The predicted molar refractivity (Wildman–Crippen MR) is 50.3 cm³/mol. The van der Waals surface area contributed by atoms with Crippen LogP contribution in [0, 0.1) is 5.92 Å². The quantitative estimate of drug-likeness (QED) is 0.668. The van der Waals surface area contributed by atoms with Gasteiger partial charge in [0, 0.05) is 0 Å². The first-order chi connectivity index (χ1) is 6.22. The molecule has 2 rings (SSSR count). The summed E-state index contributed by atoms with van der Waals surface area (Å²) in [7, 11) is 0. The summed E-state index contributed by atoms with van der Waals surface area (Å²) >= 11 is 0. The van der Waals surface area contributed by atoms with Gasteiger partial charge in [0.1, 0.15) is 0 Å². The average Bonchev–Trinajstić information content (AvgIpc) is 2.54. The Morgan fingerprint density at radius 2 is 2.08 bits per heavy atom. The highest BCUT2D eigenvalue weighted by Crippen LogP contribution is 2.39. The van der Waals surface area contributed by atoms with Crippen molar-refractivity contribution in [3.05, 3.63) is 12.2 Å². The highest BCUT2D eigenvalue weighted by molar-refractivity contribution is 5.93. The molecule has 1 atom stereocenters. The average molecular weight is 180 g/mol. The third-order valence-corrected chi connectivity index (χ3v) is 3.37. The molecule has 0 heterocycles. The maximum Gasteiger partial charge on any atom is 0.161 e. The van der Waals surface area contributed by atoms with E-state index in [0.29, 0.717) is 0 Å². The molecule has 1 N–H and O–H groups in total. The van der Waals surface area contributed by atoms with Crippen LogP contribution in [0.1, 0.15) is 38.5 Å². The van der Waals surface area contributed by atoms with Crippen LogP contribution >= 0.6 is 0 Å². The van der Waals surface area contributed by atoms with Crippen molar-refractivity contribution in [2.75, 3.05) is 0 Å². The van der Waals surface area contributed by atoms with E-state index in [1.807, 2.05) is 6.08 Å². The second-order valence-corrected chi connectivity index (χ2v) is 4.25. The number of ketones is 1. The molecule has 1 fully saturated rings. The monoisotopic (exact) mass is 180 g/mol. The smallest absolute Gasteiger partial charge is 0.161 e. The summed E-state index contributed by atoms with van der Waals surface area (Å²) in [6.07, 6.45) is 9.12. The van der Waals surface area contributed by atoms with E-state index in [0.717, 1.165) is 38.5 Å². The normalized spacial score (nSPS) is 32.4. The number of allylic oxidation sites excluding steroid dienone is 2. The lowest BCUT2D eigenvalue weighted by molar-refractivity contribution is -0.128. The third kappa shape index (κ3) is 1.55. The molecule has 13 heavy (non-hydrogen) atoms. The number of carbonyl (C=O) groups is 1. The van der Waals surface area contributed by atoms with Gasteiger partial charge in [-0.3, -0.25) is 4.79 Å². The van der Waals surface area contributed by atoms with Crippen LogP contribution in [0.15, 0.2) is 12.2 Å². The Bertz CT molecular complexity index is 236. The third-order valence-electron chi connectivity index (χ3n) is 3.37. The second-order valence-electron chi connectivity index (χ2n) is 4.25. The van der Waals surface area contributed by atoms with Crippen LogP contribution in [0.25, 0.3) is 0 Å². The molecule has 0 amide bonds. The van der Waals surface area contributed by atoms with Crippen LogP contribution < -0.4 is 0 Å². The molecule has 1 saturated carbocycles. The van der Waals surface area contributed by atoms with Gasteiger partial charge < -0.3 is 5.11 Å². The Hall–Kier alpha value is -0.630. The summed E-state index contributed by atoms with van der Waals surface area (Å²) < 4.78 is 0. The maximum atomic E-state index is 11.5. The summed E-state index contributed by atoms with van der Waals surface area (Å²) in [5, 5.41) is 10.2. The van der Waals surface area contributed by atoms with Crippen molar-refractivity contribution in [2.45, 2.75) is 44.1 Å². The lowest BCUT2D eigenvalue weighted by Gasteiger charge is -2.32. The van der Waals surface area contributed by atoms with E-state index in [2.05, 4.69) is 0 Å². The van der Waals surface area contributed by atoms with Gasteiger partial charge in [-0.15, -0.1) is 0 Å². The van der Waals surface area contributed by atoms with Crippen molar-refractivity contribution >= 4 is 5.78 Å². The Morgan fingerprint density at radius 3 is 2.69 bits per heavy atom. The van der Waals surface area contributed by atoms with Gasteiger partial charge in [-0.1, -0.05) is 18.9 Å².